The first-order valence-electron chi connectivity index (χ1n) is 7.18. The summed E-state index contributed by atoms with van der Waals surface area (Å²) in [5.41, 5.74) is 2.20. The topological polar surface area (TPSA) is 33.1 Å². The number of aliphatic hydroxyl groups excluding tert-OH is 1. The molecule has 2 aromatic rings. The van der Waals surface area contributed by atoms with E-state index in [-0.39, 0.29) is 23.8 Å². The van der Waals surface area contributed by atoms with Crippen molar-refractivity contribution in [2.75, 3.05) is 6.61 Å². The minimum atomic E-state index is -0.228. The van der Waals surface area contributed by atoms with Gasteiger partial charge in [0.1, 0.15) is 5.82 Å². The van der Waals surface area contributed by atoms with Gasteiger partial charge in [-0.15, -0.1) is 11.3 Å². The molecule has 1 aromatic heterocycles. The molecule has 1 heterocycles. The number of hydrogen-bond acceptors (Lipinski definition) is 3. The first-order chi connectivity index (χ1) is 9.88. The van der Waals surface area contributed by atoms with E-state index in [1.165, 1.54) is 12.1 Å². The molecule has 1 unspecified atom stereocenters. The minimum absolute atomic E-state index is 0.0560. The van der Waals surface area contributed by atoms with Gasteiger partial charge in [0.15, 0.2) is 0 Å². The zero-order valence-corrected chi connectivity index (χ0v) is 13.6. The van der Waals surface area contributed by atoms with Crippen LogP contribution in [0.5, 0.6) is 0 Å². The average Bonchev–Trinajstić information content (AvgIpc) is 2.89. The Morgan fingerprint density at radius 1 is 1.19 bits per heavy atom. The summed E-state index contributed by atoms with van der Waals surface area (Å²) in [5, 5.41) is 12.7. The Labute approximate surface area is 129 Å². The van der Waals surface area contributed by atoms with E-state index in [1.807, 2.05) is 0 Å². The zero-order valence-electron chi connectivity index (χ0n) is 12.8. The van der Waals surface area contributed by atoms with E-state index in [2.05, 4.69) is 31.1 Å². The van der Waals surface area contributed by atoms with E-state index in [0.29, 0.717) is 0 Å². The third kappa shape index (κ3) is 4.61. The second-order valence-corrected chi connectivity index (χ2v) is 7.40. The largest absolute Gasteiger partial charge is 0.396 e. The van der Waals surface area contributed by atoms with E-state index < -0.39 is 0 Å². The molecule has 0 saturated heterocycles. The summed E-state index contributed by atoms with van der Waals surface area (Å²) in [5.74, 6) is -0.108. The summed E-state index contributed by atoms with van der Waals surface area (Å²) in [6.07, 6.45) is 1.50. The van der Waals surface area contributed by atoms with Crippen LogP contribution in [0.25, 0.3) is 0 Å². The molecule has 0 aliphatic rings. The first-order valence-corrected chi connectivity index (χ1v) is 8.06. The van der Waals surface area contributed by atoms with Gasteiger partial charge in [-0.25, -0.2) is 9.37 Å². The SMILES string of the molecule is CC(C)(C)c1csc(CC(CO)Cc2ccc(F)cc2)n1. The Morgan fingerprint density at radius 3 is 2.38 bits per heavy atom. The van der Waals surface area contributed by atoms with Crippen LogP contribution in [0.15, 0.2) is 29.6 Å². The molecule has 1 N–H and O–H groups in total. The van der Waals surface area contributed by atoms with Crippen molar-refractivity contribution in [3.63, 3.8) is 0 Å². The van der Waals surface area contributed by atoms with Gasteiger partial charge in [-0.3, -0.25) is 0 Å². The molecular formula is C17H22FNOS. The van der Waals surface area contributed by atoms with Crippen molar-refractivity contribution in [2.45, 2.75) is 39.0 Å². The van der Waals surface area contributed by atoms with Crippen LogP contribution < -0.4 is 0 Å². The Hall–Kier alpha value is -1.26. The highest BCUT2D eigenvalue weighted by atomic mass is 32.1. The van der Waals surface area contributed by atoms with Crippen LogP contribution in [0.1, 0.15) is 37.0 Å². The molecule has 0 aliphatic heterocycles. The number of benzene rings is 1. The molecule has 0 saturated carbocycles. The molecule has 0 aliphatic carbocycles. The number of nitrogens with zero attached hydrogens (tertiary/aromatic N) is 1. The highest BCUT2D eigenvalue weighted by Gasteiger charge is 2.19. The lowest BCUT2D eigenvalue weighted by atomic mass is 9.93. The molecule has 0 fully saturated rings. The molecule has 0 amide bonds. The maximum atomic E-state index is 12.9. The highest BCUT2D eigenvalue weighted by Crippen LogP contribution is 2.25. The number of thiazole rings is 1. The van der Waals surface area contributed by atoms with Crippen molar-refractivity contribution in [1.82, 2.24) is 4.98 Å². The molecular weight excluding hydrogens is 285 g/mol. The molecule has 1 atom stereocenters. The lowest BCUT2D eigenvalue weighted by molar-refractivity contribution is 0.225. The van der Waals surface area contributed by atoms with Gasteiger partial charge in [-0.05, 0) is 30.0 Å². The van der Waals surface area contributed by atoms with E-state index in [1.54, 1.807) is 23.5 Å². The molecule has 1 aromatic carbocycles. The van der Waals surface area contributed by atoms with Crippen molar-refractivity contribution in [3.8, 4) is 0 Å². The average molecular weight is 307 g/mol. The van der Waals surface area contributed by atoms with E-state index in [0.717, 1.165) is 29.1 Å². The number of aliphatic hydroxyl groups is 1. The lowest BCUT2D eigenvalue weighted by Gasteiger charge is -2.15. The second kappa shape index (κ2) is 6.67. The van der Waals surface area contributed by atoms with Gasteiger partial charge in [0, 0.05) is 23.8 Å². The van der Waals surface area contributed by atoms with Crippen LogP contribution in [0.3, 0.4) is 0 Å². The van der Waals surface area contributed by atoms with Crippen molar-refractivity contribution in [1.29, 1.82) is 0 Å². The monoisotopic (exact) mass is 307 g/mol. The highest BCUT2D eigenvalue weighted by molar-refractivity contribution is 7.09. The van der Waals surface area contributed by atoms with Crippen LogP contribution >= 0.6 is 11.3 Å². The van der Waals surface area contributed by atoms with Gasteiger partial charge in [-0.1, -0.05) is 32.9 Å². The fourth-order valence-electron chi connectivity index (χ4n) is 2.15. The third-order valence-electron chi connectivity index (χ3n) is 3.48. The summed E-state index contributed by atoms with van der Waals surface area (Å²) < 4.78 is 12.9. The number of halogens is 1. The Morgan fingerprint density at radius 2 is 1.86 bits per heavy atom. The molecule has 2 rings (SSSR count). The fraction of sp³-hybridized carbons (Fsp3) is 0.471. The summed E-state index contributed by atoms with van der Waals surface area (Å²) in [4.78, 5) is 4.67. The summed E-state index contributed by atoms with van der Waals surface area (Å²) in [7, 11) is 0. The number of hydrogen-bond donors (Lipinski definition) is 1. The van der Waals surface area contributed by atoms with Crippen molar-refractivity contribution < 1.29 is 9.50 Å². The third-order valence-corrected chi connectivity index (χ3v) is 4.35. The molecule has 0 spiro atoms. The number of aromatic nitrogens is 1. The summed E-state index contributed by atoms with van der Waals surface area (Å²) in [6.45, 7) is 6.55. The normalized spacial score (nSPS) is 13.4. The number of rotatable bonds is 5. The predicted molar refractivity (Wildman–Crippen MR) is 85.2 cm³/mol. The van der Waals surface area contributed by atoms with Gasteiger partial charge >= 0.3 is 0 Å². The van der Waals surface area contributed by atoms with Crippen molar-refractivity contribution in [3.05, 3.63) is 51.7 Å². The molecule has 114 valence electrons. The van der Waals surface area contributed by atoms with E-state index in [4.69, 9.17) is 0 Å². The van der Waals surface area contributed by atoms with Gasteiger partial charge in [0.05, 0.1) is 10.7 Å². The van der Waals surface area contributed by atoms with Gasteiger partial charge < -0.3 is 5.11 Å². The predicted octanol–water partition coefficient (Wildman–Crippen LogP) is 3.97. The van der Waals surface area contributed by atoms with Gasteiger partial charge in [0.25, 0.3) is 0 Å². The summed E-state index contributed by atoms with van der Waals surface area (Å²) in [6, 6.07) is 6.48. The van der Waals surface area contributed by atoms with Crippen molar-refractivity contribution >= 4 is 11.3 Å². The van der Waals surface area contributed by atoms with Crippen LogP contribution in [-0.4, -0.2) is 16.7 Å². The van der Waals surface area contributed by atoms with Crippen LogP contribution in [0, 0.1) is 11.7 Å². The molecule has 2 nitrogen and oxygen atoms in total. The Bertz CT molecular complexity index is 571. The quantitative estimate of drug-likeness (QED) is 0.906. The molecule has 0 radical (unpaired) electrons. The van der Waals surface area contributed by atoms with E-state index >= 15 is 0 Å². The molecule has 0 bridgehead atoms. The first kappa shape index (κ1) is 16.1. The van der Waals surface area contributed by atoms with E-state index in [9.17, 15) is 9.50 Å². The van der Waals surface area contributed by atoms with Crippen LogP contribution in [0.4, 0.5) is 4.39 Å². The van der Waals surface area contributed by atoms with Crippen LogP contribution in [-0.2, 0) is 18.3 Å². The Kier molecular flexibility index (Phi) is 5.12. The maximum absolute atomic E-state index is 12.9. The Balaban J connectivity index is 2.02. The van der Waals surface area contributed by atoms with Crippen LogP contribution in [0.2, 0.25) is 0 Å². The van der Waals surface area contributed by atoms with Gasteiger partial charge in [-0.2, -0.15) is 0 Å². The zero-order chi connectivity index (χ0) is 15.5. The molecule has 4 heteroatoms. The lowest BCUT2D eigenvalue weighted by Crippen LogP contribution is -2.14. The standard InChI is InChI=1S/C17H22FNOS/c1-17(2,3)15-11-21-16(19-15)9-13(10-20)8-12-4-6-14(18)7-5-12/h4-7,11,13,20H,8-10H2,1-3H3. The summed E-state index contributed by atoms with van der Waals surface area (Å²) >= 11 is 1.65. The fourth-order valence-corrected chi connectivity index (χ4v) is 3.29. The van der Waals surface area contributed by atoms with Crippen molar-refractivity contribution in [2.24, 2.45) is 5.92 Å². The minimum Gasteiger partial charge on any atom is -0.396 e. The maximum Gasteiger partial charge on any atom is 0.123 e. The smallest absolute Gasteiger partial charge is 0.123 e. The molecule has 21 heavy (non-hydrogen) atoms. The second-order valence-electron chi connectivity index (χ2n) is 6.46. The van der Waals surface area contributed by atoms with Gasteiger partial charge in [0.2, 0.25) is 0 Å².